The van der Waals surface area contributed by atoms with Crippen molar-refractivity contribution in [1.82, 2.24) is 5.32 Å². The molecule has 6 nitrogen and oxygen atoms in total. The van der Waals surface area contributed by atoms with Gasteiger partial charge in [0, 0.05) is 17.6 Å². The van der Waals surface area contributed by atoms with E-state index in [4.69, 9.17) is 26.2 Å². The summed E-state index contributed by atoms with van der Waals surface area (Å²) in [4.78, 5) is 11.0. The zero-order valence-electron chi connectivity index (χ0n) is 14.9. The SMILES string of the molecule is CCC(NCC(O)c1cccc(Cl)c1)c1ccc2c(c1)OCC(C(=O)O)O2. The first-order chi connectivity index (χ1) is 13.0. The molecule has 0 saturated heterocycles. The number of rotatable bonds is 7. The van der Waals surface area contributed by atoms with E-state index in [1.165, 1.54) is 0 Å². The molecule has 7 heteroatoms. The van der Waals surface area contributed by atoms with E-state index < -0.39 is 18.2 Å². The summed E-state index contributed by atoms with van der Waals surface area (Å²) in [5.41, 5.74) is 1.73. The lowest BCUT2D eigenvalue weighted by Crippen LogP contribution is -2.36. The third kappa shape index (κ3) is 4.71. The van der Waals surface area contributed by atoms with E-state index in [1.807, 2.05) is 31.2 Å². The highest BCUT2D eigenvalue weighted by Gasteiger charge is 2.27. The van der Waals surface area contributed by atoms with E-state index in [-0.39, 0.29) is 12.6 Å². The number of carbonyl (C=O) groups is 1. The van der Waals surface area contributed by atoms with Gasteiger partial charge in [0.15, 0.2) is 11.5 Å². The predicted molar refractivity (Wildman–Crippen MR) is 101 cm³/mol. The van der Waals surface area contributed by atoms with Crippen LogP contribution in [0.4, 0.5) is 0 Å². The molecular formula is C20H22ClNO5. The summed E-state index contributed by atoms with van der Waals surface area (Å²) in [6.07, 6.45) is -0.859. The second-order valence-corrected chi connectivity index (χ2v) is 6.84. The van der Waals surface area contributed by atoms with Crippen LogP contribution in [0.25, 0.3) is 0 Å². The van der Waals surface area contributed by atoms with Crippen LogP contribution in [0.2, 0.25) is 5.02 Å². The van der Waals surface area contributed by atoms with E-state index in [1.54, 1.807) is 18.2 Å². The van der Waals surface area contributed by atoms with E-state index in [2.05, 4.69) is 5.32 Å². The molecule has 3 N–H and O–H groups in total. The first-order valence-electron chi connectivity index (χ1n) is 8.81. The number of nitrogens with one attached hydrogen (secondary N) is 1. The summed E-state index contributed by atoms with van der Waals surface area (Å²) in [6.45, 7) is 2.39. The van der Waals surface area contributed by atoms with Crippen LogP contribution < -0.4 is 14.8 Å². The van der Waals surface area contributed by atoms with Crippen LogP contribution in [0.3, 0.4) is 0 Å². The molecule has 0 spiro atoms. The van der Waals surface area contributed by atoms with E-state index >= 15 is 0 Å². The molecule has 2 aromatic carbocycles. The number of carboxylic acid groups (broad SMARTS) is 1. The highest BCUT2D eigenvalue weighted by atomic mass is 35.5. The van der Waals surface area contributed by atoms with Crippen molar-refractivity contribution in [1.29, 1.82) is 0 Å². The van der Waals surface area contributed by atoms with Gasteiger partial charge in [-0.25, -0.2) is 4.79 Å². The van der Waals surface area contributed by atoms with Gasteiger partial charge in [0.05, 0.1) is 6.10 Å². The van der Waals surface area contributed by atoms with Gasteiger partial charge in [-0.05, 0) is 41.8 Å². The van der Waals surface area contributed by atoms with Crippen LogP contribution in [0.1, 0.15) is 36.6 Å². The maximum Gasteiger partial charge on any atom is 0.348 e. The lowest BCUT2D eigenvalue weighted by Gasteiger charge is -2.26. The number of aliphatic carboxylic acids is 1. The Balaban J connectivity index is 1.66. The average Bonchev–Trinajstić information content (AvgIpc) is 2.67. The Bertz CT molecular complexity index is 813. The summed E-state index contributed by atoms with van der Waals surface area (Å²) in [5.74, 6) is -0.0975. The summed E-state index contributed by atoms with van der Waals surface area (Å²) >= 11 is 5.98. The van der Waals surface area contributed by atoms with Gasteiger partial charge in [0.25, 0.3) is 0 Å². The Hall–Kier alpha value is -2.28. The van der Waals surface area contributed by atoms with Gasteiger partial charge in [-0.15, -0.1) is 0 Å². The molecular weight excluding hydrogens is 370 g/mol. The molecule has 0 aromatic heterocycles. The third-order valence-electron chi connectivity index (χ3n) is 4.50. The molecule has 3 atom stereocenters. The predicted octanol–water partition coefficient (Wildman–Crippen LogP) is 3.34. The topological polar surface area (TPSA) is 88.0 Å². The number of fused-ring (bicyclic) bond motifs is 1. The molecule has 0 amide bonds. The van der Waals surface area contributed by atoms with E-state index in [9.17, 15) is 9.90 Å². The normalized spacial score (nSPS) is 18.0. The van der Waals surface area contributed by atoms with Crippen molar-refractivity contribution in [3.63, 3.8) is 0 Å². The fraction of sp³-hybridized carbons (Fsp3) is 0.350. The van der Waals surface area contributed by atoms with Gasteiger partial charge in [-0.3, -0.25) is 0 Å². The fourth-order valence-electron chi connectivity index (χ4n) is 3.01. The third-order valence-corrected chi connectivity index (χ3v) is 4.74. The van der Waals surface area contributed by atoms with E-state index in [0.29, 0.717) is 23.1 Å². The molecule has 0 bridgehead atoms. The number of halogens is 1. The average molecular weight is 392 g/mol. The maximum absolute atomic E-state index is 11.0. The summed E-state index contributed by atoms with van der Waals surface area (Å²) < 4.78 is 11.0. The zero-order chi connectivity index (χ0) is 19.4. The highest BCUT2D eigenvalue weighted by molar-refractivity contribution is 6.30. The van der Waals surface area contributed by atoms with Crippen LogP contribution in [-0.2, 0) is 4.79 Å². The first-order valence-corrected chi connectivity index (χ1v) is 9.19. The summed E-state index contributed by atoms with van der Waals surface area (Å²) in [6, 6.07) is 12.6. The van der Waals surface area contributed by atoms with Crippen LogP contribution in [0.5, 0.6) is 11.5 Å². The molecule has 0 aliphatic carbocycles. The van der Waals surface area contributed by atoms with Crippen molar-refractivity contribution >= 4 is 17.6 Å². The number of aliphatic hydroxyl groups is 1. The molecule has 1 aliphatic heterocycles. The number of ether oxygens (including phenoxy) is 2. The van der Waals surface area contributed by atoms with Crippen LogP contribution in [0.15, 0.2) is 42.5 Å². The number of benzene rings is 2. The number of aliphatic hydroxyl groups excluding tert-OH is 1. The van der Waals surface area contributed by atoms with Gasteiger partial charge in [0.2, 0.25) is 6.10 Å². The molecule has 0 fully saturated rings. The monoisotopic (exact) mass is 391 g/mol. The zero-order valence-corrected chi connectivity index (χ0v) is 15.6. The number of carboxylic acids is 1. The highest BCUT2D eigenvalue weighted by Crippen LogP contribution is 2.35. The quantitative estimate of drug-likeness (QED) is 0.671. The molecule has 3 unspecified atom stereocenters. The minimum atomic E-state index is -1.05. The second-order valence-electron chi connectivity index (χ2n) is 6.40. The second kappa shape index (κ2) is 8.61. The first kappa shape index (κ1) is 19.5. The summed E-state index contributed by atoms with van der Waals surface area (Å²) in [5, 5.41) is 23.4. The fourth-order valence-corrected chi connectivity index (χ4v) is 3.21. The van der Waals surface area contributed by atoms with E-state index in [0.717, 1.165) is 17.5 Å². The molecule has 1 aliphatic rings. The minimum absolute atomic E-state index is 0.00457. The molecule has 1 heterocycles. The molecule has 27 heavy (non-hydrogen) atoms. The van der Waals surface area contributed by atoms with Crippen LogP contribution >= 0.6 is 11.6 Å². The summed E-state index contributed by atoms with van der Waals surface area (Å²) in [7, 11) is 0. The van der Waals surface area contributed by atoms with Crippen molar-refractivity contribution < 1.29 is 24.5 Å². The van der Waals surface area contributed by atoms with Gasteiger partial charge in [0.1, 0.15) is 6.61 Å². The molecule has 0 radical (unpaired) electrons. The van der Waals surface area contributed by atoms with Crippen LogP contribution in [0, 0.1) is 0 Å². The van der Waals surface area contributed by atoms with Crippen LogP contribution in [-0.4, -0.2) is 35.4 Å². The lowest BCUT2D eigenvalue weighted by molar-refractivity contribution is -0.147. The van der Waals surface area contributed by atoms with Gasteiger partial charge < -0.3 is 25.0 Å². The van der Waals surface area contributed by atoms with Gasteiger partial charge >= 0.3 is 5.97 Å². The molecule has 2 aromatic rings. The number of hydrogen-bond donors (Lipinski definition) is 3. The van der Waals surface area contributed by atoms with Crippen molar-refractivity contribution in [3.8, 4) is 11.5 Å². The lowest BCUT2D eigenvalue weighted by atomic mass is 10.0. The Morgan fingerprint density at radius 3 is 2.78 bits per heavy atom. The van der Waals surface area contributed by atoms with Crippen molar-refractivity contribution in [2.24, 2.45) is 0 Å². The Morgan fingerprint density at radius 1 is 1.26 bits per heavy atom. The minimum Gasteiger partial charge on any atom is -0.485 e. The Kier molecular flexibility index (Phi) is 6.21. The standard InChI is InChI=1S/C20H22ClNO5/c1-2-15(22-10-16(23)13-4-3-5-14(21)8-13)12-6-7-17-18(9-12)26-11-19(27-17)20(24)25/h3-9,15-16,19,22-23H,2,10-11H2,1H3,(H,24,25). The molecule has 144 valence electrons. The maximum atomic E-state index is 11.0. The molecule has 0 saturated carbocycles. The Morgan fingerprint density at radius 2 is 2.07 bits per heavy atom. The largest absolute Gasteiger partial charge is 0.485 e. The number of hydrogen-bond acceptors (Lipinski definition) is 5. The smallest absolute Gasteiger partial charge is 0.348 e. The molecule has 3 rings (SSSR count). The van der Waals surface area contributed by atoms with Gasteiger partial charge in [-0.2, -0.15) is 0 Å². The van der Waals surface area contributed by atoms with Gasteiger partial charge in [-0.1, -0.05) is 36.7 Å². The van der Waals surface area contributed by atoms with Crippen molar-refractivity contribution in [2.75, 3.05) is 13.2 Å². The van der Waals surface area contributed by atoms with Crippen molar-refractivity contribution in [2.45, 2.75) is 31.6 Å². The Labute approximate surface area is 162 Å². The van der Waals surface area contributed by atoms with Crippen molar-refractivity contribution in [3.05, 3.63) is 58.6 Å².